The fourth-order valence-electron chi connectivity index (χ4n) is 1.67. The highest BCUT2D eigenvalue weighted by Gasteiger charge is 2.05. The maximum absolute atomic E-state index is 11.9. The highest BCUT2D eigenvalue weighted by Crippen LogP contribution is 2.12. The second-order valence-corrected chi connectivity index (χ2v) is 4.48. The van der Waals surface area contributed by atoms with Crippen LogP contribution in [0, 0.1) is 0 Å². The number of halogens is 1. The zero-order valence-corrected chi connectivity index (χ0v) is 11.3. The zero-order valence-electron chi connectivity index (χ0n) is 10.5. The van der Waals surface area contributed by atoms with Gasteiger partial charge in [-0.1, -0.05) is 23.7 Å². The third kappa shape index (κ3) is 3.73. The van der Waals surface area contributed by atoms with E-state index in [1.165, 1.54) is 0 Å². The second kappa shape index (κ2) is 6.25. The molecule has 3 nitrogen and oxygen atoms in total. The van der Waals surface area contributed by atoms with E-state index in [0.29, 0.717) is 17.1 Å². The van der Waals surface area contributed by atoms with Gasteiger partial charge in [-0.15, -0.1) is 0 Å². The maximum atomic E-state index is 11.9. The molecule has 2 rings (SSSR count). The van der Waals surface area contributed by atoms with Crippen LogP contribution in [0.4, 0.5) is 0 Å². The molecule has 0 spiro atoms. The molecule has 4 heteroatoms. The lowest BCUT2D eigenvalue weighted by molar-refractivity contribution is 0.0951. The van der Waals surface area contributed by atoms with E-state index in [-0.39, 0.29) is 5.91 Å². The average Bonchev–Trinajstić information content (AvgIpc) is 2.45. The van der Waals surface area contributed by atoms with Gasteiger partial charge in [0.15, 0.2) is 0 Å². The molecule has 0 atom stereocenters. The van der Waals surface area contributed by atoms with Gasteiger partial charge in [-0.2, -0.15) is 0 Å². The van der Waals surface area contributed by atoms with Crippen LogP contribution in [0.25, 0.3) is 0 Å². The lowest BCUT2D eigenvalue weighted by Gasteiger charge is -2.06. The van der Waals surface area contributed by atoms with Crippen LogP contribution in [-0.2, 0) is 6.54 Å². The number of carbonyl (C=O) groups excluding carboxylic acids is 1. The van der Waals surface area contributed by atoms with Gasteiger partial charge >= 0.3 is 0 Å². The summed E-state index contributed by atoms with van der Waals surface area (Å²) in [6.45, 7) is 0.450. The fourth-order valence-corrected chi connectivity index (χ4v) is 1.89. The first-order valence-corrected chi connectivity index (χ1v) is 6.23. The summed E-state index contributed by atoms with van der Waals surface area (Å²) < 4.78 is 5.05. The molecule has 0 saturated heterocycles. The van der Waals surface area contributed by atoms with Crippen molar-refractivity contribution in [3.05, 3.63) is 64.7 Å². The van der Waals surface area contributed by atoms with Crippen molar-refractivity contribution >= 4 is 17.5 Å². The summed E-state index contributed by atoms with van der Waals surface area (Å²) in [6.07, 6.45) is 0. The maximum Gasteiger partial charge on any atom is 0.251 e. The van der Waals surface area contributed by atoms with E-state index in [9.17, 15) is 4.79 Å². The lowest BCUT2D eigenvalue weighted by Crippen LogP contribution is -2.22. The van der Waals surface area contributed by atoms with Crippen molar-refractivity contribution in [2.75, 3.05) is 7.11 Å². The monoisotopic (exact) mass is 275 g/mol. The molecule has 19 heavy (non-hydrogen) atoms. The van der Waals surface area contributed by atoms with Crippen LogP contribution in [-0.4, -0.2) is 13.0 Å². The van der Waals surface area contributed by atoms with Gasteiger partial charge in [0.1, 0.15) is 5.75 Å². The number of rotatable bonds is 4. The second-order valence-electron chi connectivity index (χ2n) is 4.04. The van der Waals surface area contributed by atoms with Crippen LogP contribution in [0.1, 0.15) is 15.9 Å². The number of amides is 1. The summed E-state index contributed by atoms with van der Waals surface area (Å²) in [5.74, 6) is 0.606. The number of hydrogen-bond acceptors (Lipinski definition) is 2. The summed E-state index contributed by atoms with van der Waals surface area (Å²) in [6, 6.07) is 14.4. The van der Waals surface area contributed by atoms with E-state index in [4.69, 9.17) is 16.3 Å². The Labute approximate surface area is 117 Å². The first-order valence-electron chi connectivity index (χ1n) is 5.86. The molecule has 0 heterocycles. The summed E-state index contributed by atoms with van der Waals surface area (Å²) in [5.41, 5.74) is 1.57. The predicted octanol–water partition coefficient (Wildman–Crippen LogP) is 3.28. The van der Waals surface area contributed by atoms with Gasteiger partial charge in [-0.3, -0.25) is 4.79 Å². The fraction of sp³-hybridized carbons (Fsp3) is 0.133. The highest BCUT2D eigenvalue weighted by atomic mass is 35.5. The largest absolute Gasteiger partial charge is 0.497 e. The summed E-state index contributed by atoms with van der Waals surface area (Å²) in [7, 11) is 1.59. The molecule has 98 valence electrons. The van der Waals surface area contributed by atoms with E-state index in [2.05, 4.69) is 5.32 Å². The standard InChI is InChI=1S/C15H14ClNO2/c1-19-14-7-5-12(6-8-14)15(18)17-10-11-3-2-4-13(16)9-11/h2-9H,10H2,1H3,(H,17,18). The number of methoxy groups -OCH3 is 1. The molecule has 0 unspecified atom stereocenters. The van der Waals surface area contributed by atoms with E-state index in [1.54, 1.807) is 37.4 Å². The molecule has 0 fully saturated rings. The van der Waals surface area contributed by atoms with Crippen molar-refractivity contribution in [2.45, 2.75) is 6.54 Å². The first kappa shape index (κ1) is 13.4. The summed E-state index contributed by atoms with van der Waals surface area (Å²) in [5, 5.41) is 3.50. The Morgan fingerprint density at radius 2 is 1.95 bits per heavy atom. The predicted molar refractivity (Wildman–Crippen MR) is 75.6 cm³/mol. The van der Waals surface area contributed by atoms with Crippen molar-refractivity contribution in [1.82, 2.24) is 5.32 Å². The third-order valence-electron chi connectivity index (χ3n) is 2.69. The molecule has 0 radical (unpaired) electrons. The molecule has 0 saturated carbocycles. The number of benzene rings is 2. The van der Waals surface area contributed by atoms with Crippen molar-refractivity contribution in [3.63, 3.8) is 0 Å². The van der Waals surface area contributed by atoms with E-state index >= 15 is 0 Å². The van der Waals surface area contributed by atoms with Gasteiger partial charge < -0.3 is 10.1 Å². The average molecular weight is 276 g/mol. The van der Waals surface area contributed by atoms with Crippen LogP contribution in [0.5, 0.6) is 5.75 Å². The van der Waals surface area contributed by atoms with E-state index in [1.807, 2.05) is 18.2 Å². The van der Waals surface area contributed by atoms with Gasteiger partial charge in [-0.25, -0.2) is 0 Å². The van der Waals surface area contributed by atoms with Gasteiger partial charge in [-0.05, 0) is 42.0 Å². The zero-order chi connectivity index (χ0) is 13.7. The number of hydrogen-bond donors (Lipinski definition) is 1. The molecular weight excluding hydrogens is 262 g/mol. The molecule has 2 aromatic rings. The number of ether oxygens (including phenoxy) is 1. The molecule has 1 amide bonds. The summed E-state index contributed by atoms with van der Waals surface area (Å²) >= 11 is 5.88. The Kier molecular flexibility index (Phi) is 4.42. The Morgan fingerprint density at radius 3 is 2.58 bits per heavy atom. The molecule has 1 N–H and O–H groups in total. The molecule has 0 aliphatic carbocycles. The smallest absolute Gasteiger partial charge is 0.251 e. The summed E-state index contributed by atoms with van der Waals surface area (Å²) in [4.78, 5) is 11.9. The third-order valence-corrected chi connectivity index (χ3v) is 2.93. The van der Waals surface area contributed by atoms with Crippen LogP contribution in [0.2, 0.25) is 5.02 Å². The molecule has 0 aromatic heterocycles. The number of nitrogens with one attached hydrogen (secondary N) is 1. The molecule has 0 aliphatic heterocycles. The molecule has 0 aliphatic rings. The van der Waals surface area contributed by atoms with Gasteiger partial charge in [0.05, 0.1) is 7.11 Å². The number of carbonyl (C=O) groups is 1. The Hall–Kier alpha value is -2.00. The van der Waals surface area contributed by atoms with Crippen molar-refractivity contribution in [3.8, 4) is 5.75 Å². The lowest BCUT2D eigenvalue weighted by atomic mass is 10.2. The van der Waals surface area contributed by atoms with Gasteiger partial charge in [0.2, 0.25) is 0 Å². The molecule has 2 aromatic carbocycles. The Bertz CT molecular complexity index is 567. The van der Waals surface area contributed by atoms with Gasteiger partial charge in [0, 0.05) is 17.1 Å². The Morgan fingerprint density at radius 1 is 1.21 bits per heavy atom. The minimum atomic E-state index is -0.123. The van der Waals surface area contributed by atoms with Crippen LogP contribution in [0.3, 0.4) is 0 Å². The quantitative estimate of drug-likeness (QED) is 0.930. The normalized spacial score (nSPS) is 10.0. The highest BCUT2D eigenvalue weighted by molar-refractivity contribution is 6.30. The minimum Gasteiger partial charge on any atom is -0.497 e. The first-order chi connectivity index (χ1) is 9.19. The van der Waals surface area contributed by atoms with Crippen LogP contribution < -0.4 is 10.1 Å². The minimum absolute atomic E-state index is 0.123. The molecular formula is C15H14ClNO2. The SMILES string of the molecule is COc1ccc(C(=O)NCc2cccc(Cl)c2)cc1. The van der Waals surface area contributed by atoms with E-state index < -0.39 is 0 Å². The Balaban J connectivity index is 1.97. The van der Waals surface area contributed by atoms with Crippen LogP contribution >= 0.6 is 11.6 Å². The van der Waals surface area contributed by atoms with Crippen molar-refractivity contribution in [2.24, 2.45) is 0 Å². The van der Waals surface area contributed by atoms with Crippen molar-refractivity contribution < 1.29 is 9.53 Å². The van der Waals surface area contributed by atoms with Crippen LogP contribution in [0.15, 0.2) is 48.5 Å². The van der Waals surface area contributed by atoms with Gasteiger partial charge in [0.25, 0.3) is 5.91 Å². The van der Waals surface area contributed by atoms with E-state index in [0.717, 1.165) is 11.3 Å². The van der Waals surface area contributed by atoms with Crippen molar-refractivity contribution in [1.29, 1.82) is 0 Å². The topological polar surface area (TPSA) is 38.3 Å². The molecule has 0 bridgehead atoms.